The molecule has 1 N–H and O–H groups in total. The molecule has 150 valence electrons. The molecule has 1 atom stereocenters. The number of rotatable bonds is 5. The number of hydrogen-bond acceptors (Lipinski definition) is 5. The minimum Gasteiger partial charge on any atom is -0.497 e. The largest absolute Gasteiger partial charge is 0.497 e. The summed E-state index contributed by atoms with van der Waals surface area (Å²) in [6.07, 6.45) is 4.58. The molecule has 0 fully saturated rings. The number of benzene rings is 2. The van der Waals surface area contributed by atoms with E-state index in [1.54, 1.807) is 68.9 Å². The molecule has 1 aromatic heterocycles. The van der Waals surface area contributed by atoms with Gasteiger partial charge in [-0.3, -0.25) is 14.5 Å². The van der Waals surface area contributed by atoms with Crippen LogP contribution in [0.15, 0.2) is 82.9 Å². The first-order valence-electron chi connectivity index (χ1n) is 9.28. The highest BCUT2D eigenvalue weighted by Crippen LogP contribution is 2.27. The Balaban J connectivity index is 1.56. The molecule has 0 saturated carbocycles. The van der Waals surface area contributed by atoms with E-state index in [4.69, 9.17) is 9.15 Å². The quantitative estimate of drug-likeness (QED) is 0.516. The summed E-state index contributed by atoms with van der Waals surface area (Å²) in [6.45, 7) is 1.72. The lowest BCUT2D eigenvalue weighted by atomic mass is 9.96. The van der Waals surface area contributed by atoms with Crippen LogP contribution in [0.3, 0.4) is 0 Å². The van der Waals surface area contributed by atoms with Crippen molar-refractivity contribution in [2.45, 2.75) is 6.92 Å². The average molecular weight is 401 g/mol. The van der Waals surface area contributed by atoms with Crippen molar-refractivity contribution in [3.8, 4) is 17.2 Å². The number of ether oxygens (including phenoxy) is 1. The van der Waals surface area contributed by atoms with Crippen molar-refractivity contribution >= 4 is 23.2 Å². The predicted octanol–water partition coefficient (Wildman–Crippen LogP) is 4.01. The smallest absolute Gasteiger partial charge is 0.248 e. The molecule has 3 aromatic rings. The van der Waals surface area contributed by atoms with E-state index in [0.717, 1.165) is 5.56 Å². The Hall–Kier alpha value is -4.09. The van der Waals surface area contributed by atoms with Crippen molar-refractivity contribution in [2.75, 3.05) is 17.3 Å². The van der Waals surface area contributed by atoms with Gasteiger partial charge in [0.25, 0.3) is 0 Å². The van der Waals surface area contributed by atoms with Crippen LogP contribution in [-0.2, 0) is 9.59 Å². The second-order valence-electron chi connectivity index (χ2n) is 6.70. The molecule has 0 spiro atoms. The Labute approximate surface area is 173 Å². The lowest BCUT2D eigenvalue weighted by Crippen LogP contribution is -2.41. The molecule has 1 unspecified atom stereocenters. The molecule has 0 radical (unpaired) electrons. The first-order valence-corrected chi connectivity index (χ1v) is 9.28. The van der Waals surface area contributed by atoms with Crippen molar-refractivity contribution in [1.29, 1.82) is 0 Å². The zero-order valence-corrected chi connectivity index (χ0v) is 16.5. The molecule has 0 bridgehead atoms. The van der Waals surface area contributed by atoms with Gasteiger partial charge in [0.05, 0.1) is 19.5 Å². The maximum absolute atomic E-state index is 13.1. The minimum atomic E-state index is -0.984. The highest BCUT2D eigenvalue weighted by molar-refractivity contribution is 6.15. The maximum atomic E-state index is 13.1. The Morgan fingerprint density at radius 1 is 1.23 bits per heavy atom. The van der Waals surface area contributed by atoms with E-state index >= 15 is 0 Å². The lowest BCUT2D eigenvalue weighted by molar-refractivity contribution is -0.129. The zero-order chi connectivity index (χ0) is 21.1. The van der Waals surface area contributed by atoms with Gasteiger partial charge < -0.3 is 14.5 Å². The van der Waals surface area contributed by atoms with E-state index < -0.39 is 11.8 Å². The van der Waals surface area contributed by atoms with Crippen LogP contribution in [0, 0.1) is 5.92 Å². The average Bonchev–Trinajstić information content (AvgIpc) is 3.29. The Morgan fingerprint density at radius 3 is 2.73 bits per heavy atom. The van der Waals surface area contributed by atoms with Gasteiger partial charge in [-0.2, -0.15) is 0 Å². The van der Waals surface area contributed by atoms with E-state index in [-0.39, 0.29) is 5.91 Å². The van der Waals surface area contributed by atoms with Gasteiger partial charge in [0.1, 0.15) is 17.9 Å². The second-order valence-corrected chi connectivity index (χ2v) is 6.70. The van der Waals surface area contributed by atoms with Gasteiger partial charge in [0.15, 0.2) is 0 Å². The Bertz CT molecular complexity index is 1140. The number of methoxy groups -OCH3 is 1. The second kappa shape index (κ2) is 8.11. The standard InChI is InChI=1S/C23H19N3O4/c1-15-10-12-26(18-6-8-19(29-2)9-7-18)23(28)20(15)21(27)25-17-5-3-4-16(14-17)22-24-11-13-30-22/h3-9,11-14,20H,1-2H3,(H,25,27). The number of carbonyl (C=O) groups is 2. The summed E-state index contributed by atoms with van der Waals surface area (Å²) >= 11 is 0. The van der Waals surface area contributed by atoms with Gasteiger partial charge >= 0.3 is 0 Å². The molecule has 2 heterocycles. The molecular weight excluding hydrogens is 382 g/mol. The monoisotopic (exact) mass is 401 g/mol. The number of carbonyl (C=O) groups excluding carboxylic acids is 2. The first-order chi connectivity index (χ1) is 14.6. The van der Waals surface area contributed by atoms with Crippen LogP contribution in [0.4, 0.5) is 11.4 Å². The number of nitrogens with one attached hydrogen (secondary N) is 1. The van der Waals surface area contributed by atoms with Crippen LogP contribution < -0.4 is 15.0 Å². The summed E-state index contributed by atoms with van der Waals surface area (Å²) < 4.78 is 10.5. The number of amides is 2. The summed E-state index contributed by atoms with van der Waals surface area (Å²) in [4.78, 5) is 31.6. The fourth-order valence-electron chi connectivity index (χ4n) is 3.20. The number of hydrogen-bond donors (Lipinski definition) is 1. The highest BCUT2D eigenvalue weighted by Gasteiger charge is 2.34. The third-order valence-electron chi connectivity index (χ3n) is 4.76. The highest BCUT2D eigenvalue weighted by atomic mass is 16.5. The fraction of sp³-hybridized carbons (Fsp3) is 0.130. The van der Waals surface area contributed by atoms with Crippen LogP contribution in [0.1, 0.15) is 6.92 Å². The third-order valence-corrected chi connectivity index (χ3v) is 4.76. The lowest BCUT2D eigenvalue weighted by Gasteiger charge is -2.26. The minimum absolute atomic E-state index is 0.349. The number of anilines is 2. The molecule has 30 heavy (non-hydrogen) atoms. The molecule has 7 nitrogen and oxygen atoms in total. The van der Waals surface area contributed by atoms with E-state index in [1.807, 2.05) is 6.07 Å². The molecule has 2 amide bonds. The van der Waals surface area contributed by atoms with Crippen LogP contribution in [0.25, 0.3) is 11.5 Å². The summed E-state index contributed by atoms with van der Waals surface area (Å²) in [7, 11) is 1.57. The van der Waals surface area contributed by atoms with Gasteiger partial charge in [-0.15, -0.1) is 5.73 Å². The molecule has 0 aliphatic carbocycles. The fourth-order valence-corrected chi connectivity index (χ4v) is 3.20. The molecule has 7 heteroatoms. The van der Waals surface area contributed by atoms with Crippen LogP contribution >= 0.6 is 0 Å². The van der Waals surface area contributed by atoms with Gasteiger partial charge in [0, 0.05) is 16.9 Å². The predicted molar refractivity (Wildman–Crippen MR) is 112 cm³/mol. The molecule has 4 rings (SSSR count). The summed E-state index contributed by atoms with van der Waals surface area (Å²) in [5.74, 6) is -0.634. The summed E-state index contributed by atoms with van der Waals surface area (Å²) in [6, 6.07) is 14.1. The summed E-state index contributed by atoms with van der Waals surface area (Å²) in [5, 5.41) is 2.81. The van der Waals surface area contributed by atoms with Crippen LogP contribution in [0.2, 0.25) is 0 Å². The zero-order valence-electron chi connectivity index (χ0n) is 16.5. The molecule has 2 aromatic carbocycles. The van der Waals surface area contributed by atoms with Gasteiger partial charge in [-0.25, -0.2) is 4.98 Å². The van der Waals surface area contributed by atoms with Crippen LogP contribution in [0.5, 0.6) is 5.75 Å². The normalized spacial score (nSPS) is 15.7. The summed E-state index contributed by atoms with van der Waals surface area (Å²) in [5.41, 5.74) is 5.46. The number of aromatic nitrogens is 1. The maximum Gasteiger partial charge on any atom is 0.248 e. The number of oxazole rings is 1. The number of nitrogens with zero attached hydrogens (tertiary/aromatic N) is 2. The van der Waals surface area contributed by atoms with E-state index in [2.05, 4.69) is 16.0 Å². The van der Waals surface area contributed by atoms with Gasteiger partial charge in [0.2, 0.25) is 17.7 Å². The van der Waals surface area contributed by atoms with E-state index in [1.165, 1.54) is 11.2 Å². The van der Waals surface area contributed by atoms with Crippen molar-refractivity contribution in [3.63, 3.8) is 0 Å². The molecule has 1 aliphatic rings. The van der Waals surface area contributed by atoms with Crippen molar-refractivity contribution in [1.82, 2.24) is 4.98 Å². The van der Waals surface area contributed by atoms with Crippen molar-refractivity contribution in [2.24, 2.45) is 5.92 Å². The molecule has 0 saturated heterocycles. The Kier molecular flexibility index (Phi) is 5.20. The molecule has 1 aliphatic heterocycles. The van der Waals surface area contributed by atoms with Gasteiger partial charge in [-0.05, 0) is 55.0 Å². The SMILES string of the molecule is COc1ccc(N2C=C=C(C)C(C(=O)Nc3cccc(-c4ncco4)c3)C2=O)cc1. The van der Waals surface area contributed by atoms with Crippen molar-refractivity contribution < 1.29 is 18.7 Å². The molecular formula is C23H19N3O4. The van der Waals surface area contributed by atoms with Crippen LogP contribution in [-0.4, -0.2) is 23.9 Å². The van der Waals surface area contributed by atoms with E-state index in [9.17, 15) is 9.59 Å². The third kappa shape index (κ3) is 3.74. The Morgan fingerprint density at radius 2 is 2.03 bits per heavy atom. The van der Waals surface area contributed by atoms with Crippen molar-refractivity contribution in [3.05, 3.63) is 78.5 Å². The van der Waals surface area contributed by atoms with E-state index in [0.29, 0.717) is 28.6 Å². The topological polar surface area (TPSA) is 84.7 Å². The first kappa shape index (κ1) is 19.2. The van der Waals surface area contributed by atoms with Gasteiger partial charge in [-0.1, -0.05) is 6.07 Å².